The summed E-state index contributed by atoms with van der Waals surface area (Å²) in [7, 11) is 0. The molecule has 0 saturated carbocycles. The third-order valence-corrected chi connectivity index (χ3v) is 2.75. The Labute approximate surface area is 69.2 Å². The van der Waals surface area contributed by atoms with Crippen LogP contribution in [0.3, 0.4) is 0 Å². The van der Waals surface area contributed by atoms with Crippen LogP contribution in [0.1, 0.15) is 13.3 Å². The fourth-order valence-electron chi connectivity index (χ4n) is 0.819. The number of aliphatic imine (C=N–C) groups is 1. The van der Waals surface area contributed by atoms with E-state index in [-0.39, 0.29) is 4.92 Å². The zero-order valence-electron chi connectivity index (χ0n) is 6.32. The number of nitrogens with zero attached hydrogens (tertiary/aromatic N) is 2. The fourth-order valence-corrected chi connectivity index (χ4v) is 1.81. The van der Waals surface area contributed by atoms with Crippen molar-refractivity contribution in [2.75, 3.05) is 12.3 Å². The van der Waals surface area contributed by atoms with E-state index in [0.29, 0.717) is 5.04 Å². The maximum Gasteiger partial charge on any atom is 0.257 e. The van der Waals surface area contributed by atoms with Crippen molar-refractivity contribution in [3.8, 4) is 0 Å². The first-order valence-electron chi connectivity index (χ1n) is 3.52. The van der Waals surface area contributed by atoms with E-state index in [1.165, 1.54) is 11.8 Å². The first-order valence-corrected chi connectivity index (χ1v) is 4.51. The molecule has 1 heterocycles. The van der Waals surface area contributed by atoms with Crippen molar-refractivity contribution in [1.29, 1.82) is 0 Å². The normalized spacial score (nSPS) is 20.6. The predicted molar refractivity (Wildman–Crippen MR) is 45.8 cm³/mol. The quantitative estimate of drug-likeness (QED) is 0.466. The minimum Gasteiger partial charge on any atom is -0.276 e. The third kappa shape index (κ3) is 2.18. The highest BCUT2D eigenvalue weighted by atomic mass is 32.2. The van der Waals surface area contributed by atoms with Crippen LogP contribution in [0.15, 0.2) is 4.99 Å². The summed E-state index contributed by atoms with van der Waals surface area (Å²) in [5, 5.41) is 11.0. The largest absolute Gasteiger partial charge is 0.276 e. The average Bonchev–Trinajstić information content (AvgIpc) is 2.05. The Balaban J connectivity index is 2.58. The number of nitro groups is 1. The van der Waals surface area contributed by atoms with Crippen LogP contribution in [0.5, 0.6) is 0 Å². The Bertz CT molecular complexity index is 193. The Morgan fingerprint density at radius 2 is 2.55 bits per heavy atom. The Morgan fingerprint density at radius 1 is 1.82 bits per heavy atom. The summed E-state index contributed by atoms with van der Waals surface area (Å²) in [5.74, 6) is 0.969. The summed E-state index contributed by atoms with van der Waals surface area (Å²) in [6.07, 6.45) is 1.04. The SMILES string of the molecule is CC(C1=NCCCS1)[N+](=O)[O-]. The van der Waals surface area contributed by atoms with Crippen molar-refractivity contribution in [2.24, 2.45) is 4.99 Å². The van der Waals surface area contributed by atoms with Gasteiger partial charge in [-0.25, -0.2) is 0 Å². The van der Waals surface area contributed by atoms with E-state index in [2.05, 4.69) is 4.99 Å². The molecule has 1 atom stereocenters. The zero-order valence-corrected chi connectivity index (χ0v) is 7.13. The lowest BCUT2D eigenvalue weighted by Crippen LogP contribution is -2.25. The average molecular weight is 174 g/mol. The zero-order chi connectivity index (χ0) is 8.27. The van der Waals surface area contributed by atoms with Crippen molar-refractivity contribution < 1.29 is 4.92 Å². The topological polar surface area (TPSA) is 55.5 Å². The molecular formula is C6H10N2O2S. The molecule has 1 aliphatic rings. The first-order chi connectivity index (χ1) is 5.22. The van der Waals surface area contributed by atoms with Crippen LogP contribution in [-0.2, 0) is 0 Å². The van der Waals surface area contributed by atoms with E-state index in [4.69, 9.17) is 0 Å². The van der Waals surface area contributed by atoms with E-state index in [1.807, 2.05) is 0 Å². The van der Waals surface area contributed by atoms with E-state index in [9.17, 15) is 10.1 Å². The van der Waals surface area contributed by atoms with Gasteiger partial charge in [-0.05, 0) is 6.42 Å². The van der Waals surface area contributed by atoms with Gasteiger partial charge in [0.1, 0.15) is 5.04 Å². The van der Waals surface area contributed by atoms with Gasteiger partial charge in [0.2, 0.25) is 0 Å². The molecule has 0 bridgehead atoms. The molecule has 0 aromatic rings. The van der Waals surface area contributed by atoms with Crippen molar-refractivity contribution in [3.05, 3.63) is 10.1 Å². The summed E-state index contributed by atoms with van der Waals surface area (Å²) in [4.78, 5) is 14.1. The maximum absolute atomic E-state index is 10.3. The van der Waals surface area contributed by atoms with Crippen LogP contribution in [-0.4, -0.2) is 28.3 Å². The standard InChI is InChI=1S/C6H10N2O2S/c1-5(8(9)10)6-7-3-2-4-11-6/h5H,2-4H2,1H3. The third-order valence-electron chi connectivity index (χ3n) is 1.49. The second-order valence-electron chi connectivity index (χ2n) is 2.38. The molecule has 0 spiro atoms. The number of thioether (sulfide) groups is 1. The molecule has 0 radical (unpaired) electrons. The molecule has 5 heteroatoms. The second kappa shape index (κ2) is 3.71. The lowest BCUT2D eigenvalue weighted by atomic mass is 10.4. The van der Waals surface area contributed by atoms with E-state index < -0.39 is 6.04 Å². The van der Waals surface area contributed by atoms with Crippen molar-refractivity contribution in [3.63, 3.8) is 0 Å². The molecular weight excluding hydrogens is 164 g/mol. The lowest BCUT2D eigenvalue weighted by Gasteiger charge is -2.11. The molecule has 11 heavy (non-hydrogen) atoms. The van der Waals surface area contributed by atoms with Gasteiger partial charge in [0, 0.05) is 24.1 Å². The molecule has 0 aliphatic carbocycles. The summed E-state index contributed by atoms with van der Waals surface area (Å²) in [5.41, 5.74) is 0. The summed E-state index contributed by atoms with van der Waals surface area (Å²) in [6, 6.07) is -0.611. The molecule has 1 aliphatic heterocycles. The summed E-state index contributed by atoms with van der Waals surface area (Å²) < 4.78 is 0. The molecule has 0 saturated heterocycles. The smallest absolute Gasteiger partial charge is 0.257 e. The van der Waals surface area contributed by atoms with Gasteiger partial charge in [0.05, 0.1) is 0 Å². The van der Waals surface area contributed by atoms with Crippen molar-refractivity contribution in [2.45, 2.75) is 19.4 Å². The minimum absolute atomic E-state index is 0.294. The Hall–Kier alpha value is -0.580. The van der Waals surface area contributed by atoms with Gasteiger partial charge < -0.3 is 0 Å². The van der Waals surface area contributed by atoms with Crippen molar-refractivity contribution in [1.82, 2.24) is 0 Å². The molecule has 62 valence electrons. The molecule has 1 rings (SSSR count). The Morgan fingerprint density at radius 3 is 3.00 bits per heavy atom. The molecule has 1 unspecified atom stereocenters. The molecule has 0 aromatic heterocycles. The summed E-state index contributed by atoms with van der Waals surface area (Å²) in [6.45, 7) is 2.33. The monoisotopic (exact) mass is 174 g/mol. The summed E-state index contributed by atoms with van der Waals surface area (Å²) >= 11 is 1.51. The van der Waals surface area contributed by atoms with Crippen LogP contribution in [0, 0.1) is 10.1 Å². The fraction of sp³-hybridized carbons (Fsp3) is 0.833. The van der Waals surface area contributed by atoms with Crippen molar-refractivity contribution >= 4 is 16.8 Å². The molecule has 0 aromatic carbocycles. The number of hydrogen-bond donors (Lipinski definition) is 0. The van der Waals surface area contributed by atoms with Gasteiger partial charge in [0.15, 0.2) is 0 Å². The second-order valence-corrected chi connectivity index (χ2v) is 3.50. The van der Waals surface area contributed by atoms with Gasteiger partial charge in [-0.3, -0.25) is 15.1 Å². The van der Waals surface area contributed by atoms with Crippen LogP contribution < -0.4 is 0 Å². The van der Waals surface area contributed by atoms with Gasteiger partial charge in [0.25, 0.3) is 6.04 Å². The number of rotatable bonds is 2. The molecule has 4 nitrogen and oxygen atoms in total. The van der Waals surface area contributed by atoms with Gasteiger partial charge in [-0.1, -0.05) is 0 Å². The predicted octanol–water partition coefficient (Wildman–Crippen LogP) is 1.19. The number of hydrogen-bond acceptors (Lipinski definition) is 4. The van der Waals surface area contributed by atoms with Gasteiger partial charge in [-0.2, -0.15) is 0 Å². The Kier molecular flexibility index (Phi) is 2.87. The maximum atomic E-state index is 10.3. The molecule has 0 N–H and O–H groups in total. The van der Waals surface area contributed by atoms with Crippen LogP contribution in [0.25, 0.3) is 0 Å². The van der Waals surface area contributed by atoms with Crippen LogP contribution in [0.2, 0.25) is 0 Å². The highest BCUT2D eigenvalue weighted by Crippen LogP contribution is 2.15. The van der Waals surface area contributed by atoms with E-state index in [1.54, 1.807) is 6.92 Å². The van der Waals surface area contributed by atoms with E-state index >= 15 is 0 Å². The first kappa shape index (κ1) is 8.52. The highest BCUT2D eigenvalue weighted by molar-refractivity contribution is 8.14. The minimum atomic E-state index is -0.611. The lowest BCUT2D eigenvalue weighted by molar-refractivity contribution is -0.497. The highest BCUT2D eigenvalue weighted by Gasteiger charge is 2.22. The molecule has 0 amide bonds. The van der Waals surface area contributed by atoms with Gasteiger partial charge >= 0.3 is 0 Å². The molecule has 0 fully saturated rings. The van der Waals surface area contributed by atoms with Crippen LogP contribution in [0.4, 0.5) is 0 Å². The van der Waals surface area contributed by atoms with Gasteiger partial charge in [-0.15, -0.1) is 11.8 Å². The van der Waals surface area contributed by atoms with Crippen LogP contribution >= 0.6 is 11.8 Å². The van der Waals surface area contributed by atoms with E-state index in [0.717, 1.165) is 18.7 Å².